The van der Waals surface area contributed by atoms with Gasteiger partial charge < -0.3 is 15.6 Å². The van der Waals surface area contributed by atoms with Crippen molar-refractivity contribution in [3.63, 3.8) is 0 Å². The van der Waals surface area contributed by atoms with Gasteiger partial charge in [0.1, 0.15) is 11.9 Å². The Morgan fingerprint density at radius 3 is 2.56 bits per heavy atom. The van der Waals surface area contributed by atoms with Gasteiger partial charge in [0, 0.05) is 12.1 Å². The monoisotopic (exact) mass is 257 g/mol. The van der Waals surface area contributed by atoms with E-state index < -0.39 is 17.7 Å². The number of aliphatic hydroxyl groups excluding tert-OH is 1. The van der Waals surface area contributed by atoms with E-state index in [2.05, 4.69) is 0 Å². The van der Waals surface area contributed by atoms with Crippen molar-refractivity contribution in [1.82, 2.24) is 0 Å². The molecule has 0 aliphatic heterocycles. The highest BCUT2D eigenvalue weighted by Gasteiger charge is 2.35. The lowest BCUT2D eigenvalue weighted by Crippen LogP contribution is -2.43. The van der Waals surface area contributed by atoms with Crippen LogP contribution in [-0.4, -0.2) is 23.9 Å². The van der Waals surface area contributed by atoms with Crippen molar-refractivity contribution >= 4 is 0 Å². The Labute approximate surface area is 105 Å². The van der Waals surface area contributed by atoms with Crippen LogP contribution in [0.15, 0.2) is 12.1 Å². The van der Waals surface area contributed by atoms with E-state index in [0.29, 0.717) is 11.5 Å². The van der Waals surface area contributed by atoms with Crippen molar-refractivity contribution < 1.29 is 18.6 Å². The number of halogens is 2. The summed E-state index contributed by atoms with van der Waals surface area (Å²) in [5, 5.41) is 9.28. The van der Waals surface area contributed by atoms with Crippen LogP contribution >= 0.6 is 0 Å². The zero-order valence-electron chi connectivity index (χ0n) is 10.2. The van der Waals surface area contributed by atoms with Crippen LogP contribution < -0.4 is 10.5 Å². The molecule has 3 N–H and O–H groups in total. The quantitative estimate of drug-likeness (QED) is 0.845. The van der Waals surface area contributed by atoms with E-state index in [9.17, 15) is 13.9 Å². The molecule has 1 aliphatic rings. The number of hydrogen-bond acceptors (Lipinski definition) is 3. The van der Waals surface area contributed by atoms with E-state index in [-0.39, 0.29) is 18.4 Å². The molecule has 1 aromatic carbocycles. The normalized spacial score (nSPS) is 18.5. The lowest BCUT2D eigenvalue weighted by atomic mass is 10.1. The molecule has 0 radical (unpaired) electrons. The summed E-state index contributed by atoms with van der Waals surface area (Å²) in [5.41, 5.74) is 6.43. The lowest BCUT2D eigenvalue weighted by Gasteiger charge is -2.24. The smallest absolute Gasteiger partial charge is 0.162 e. The molecule has 1 saturated carbocycles. The van der Waals surface area contributed by atoms with E-state index in [4.69, 9.17) is 10.5 Å². The topological polar surface area (TPSA) is 55.5 Å². The first-order chi connectivity index (χ1) is 8.52. The predicted molar refractivity (Wildman–Crippen MR) is 63.3 cm³/mol. The van der Waals surface area contributed by atoms with Crippen LogP contribution in [0.3, 0.4) is 0 Å². The van der Waals surface area contributed by atoms with Gasteiger partial charge >= 0.3 is 0 Å². The Kier molecular flexibility index (Phi) is 3.82. The molecule has 1 fully saturated rings. The molecule has 2 unspecified atom stereocenters. The molecular weight excluding hydrogens is 240 g/mol. The molecule has 1 aromatic rings. The third-order valence-electron chi connectivity index (χ3n) is 3.27. The predicted octanol–water partition coefficient (Wildman–Crippen LogP) is 1.75. The van der Waals surface area contributed by atoms with Crippen LogP contribution in [0.4, 0.5) is 8.78 Å². The molecule has 2 atom stereocenters. The van der Waals surface area contributed by atoms with E-state index >= 15 is 0 Å². The maximum atomic E-state index is 13.1. The van der Waals surface area contributed by atoms with E-state index in [0.717, 1.165) is 25.0 Å². The number of ether oxygens (including phenoxy) is 1. The SMILES string of the molecule is Cc1cc(F)c(F)cc1OC(CO)C(N)C1CC1. The van der Waals surface area contributed by atoms with E-state index in [1.807, 2.05) is 0 Å². The van der Waals surface area contributed by atoms with Gasteiger partial charge in [0.25, 0.3) is 0 Å². The maximum absolute atomic E-state index is 13.1. The van der Waals surface area contributed by atoms with Gasteiger partial charge in [0.05, 0.1) is 6.61 Å². The van der Waals surface area contributed by atoms with Crippen LogP contribution in [0.1, 0.15) is 18.4 Å². The van der Waals surface area contributed by atoms with Crippen molar-refractivity contribution in [2.45, 2.75) is 31.9 Å². The van der Waals surface area contributed by atoms with Gasteiger partial charge in [-0.15, -0.1) is 0 Å². The zero-order chi connectivity index (χ0) is 13.3. The summed E-state index contributed by atoms with van der Waals surface area (Å²) in [5.74, 6) is -1.30. The van der Waals surface area contributed by atoms with Crippen molar-refractivity contribution in [2.75, 3.05) is 6.61 Å². The highest BCUT2D eigenvalue weighted by Crippen LogP contribution is 2.34. The summed E-state index contributed by atoms with van der Waals surface area (Å²) < 4.78 is 31.6. The number of rotatable bonds is 5. The van der Waals surface area contributed by atoms with Crippen LogP contribution in [0.5, 0.6) is 5.75 Å². The molecule has 0 saturated heterocycles. The lowest BCUT2D eigenvalue weighted by molar-refractivity contribution is 0.0872. The molecule has 0 bridgehead atoms. The first kappa shape index (κ1) is 13.2. The average Bonchev–Trinajstić information content (AvgIpc) is 3.15. The van der Waals surface area contributed by atoms with Gasteiger partial charge in [-0.05, 0) is 37.3 Å². The zero-order valence-corrected chi connectivity index (χ0v) is 10.2. The van der Waals surface area contributed by atoms with Crippen LogP contribution in [-0.2, 0) is 0 Å². The molecule has 0 spiro atoms. The summed E-state index contributed by atoms with van der Waals surface area (Å²) in [7, 11) is 0. The third kappa shape index (κ3) is 2.79. The fraction of sp³-hybridized carbons (Fsp3) is 0.538. The van der Waals surface area contributed by atoms with Crippen molar-refractivity contribution in [3.8, 4) is 5.75 Å². The van der Waals surface area contributed by atoms with Gasteiger partial charge in [-0.3, -0.25) is 0 Å². The van der Waals surface area contributed by atoms with Crippen molar-refractivity contribution in [1.29, 1.82) is 0 Å². The molecule has 0 heterocycles. The van der Waals surface area contributed by atoms with Crippen LogP contribution in [0.25, 0.3) is 0 Å². The maximum Gasteiger partial charge on any atom is 0.162 e. The first-order valence-electron chi connectivity index (χ1n) is 6.01. The Hall–Kier alpha value is -1.20. The first-order valence-corrected chi connectivity index (χ1v) is 6.01. The third-order valence-corrected chi connectivity index (χ3v) is 3.27. The molecule has 1 aliphatic carbocycles. The second-order valence-electron chi connectivity index (χ2n) is 4.79. The summed E-state index contributed by atoms with van der Waals surface area (Å²) in [6, 6.07) is 1.79. The molecule has 0 aromatic heterocycles. The molecule has 18 heavy (non-hydrogen) atoms. The minimum atomic E-state index is -0.965. The fourth-order valence-corrected chi connectivity index (χ4v) is 1.94. The number of nitrogens with two attached hydrogens (primary N) is 1. The Bertz CT molecular complexity index is 435. The Morgan fingerprint density at radius 1 is 1.39 bits per heavy atom. The van der Waals surface area contributed by atoms with Gasteiger partial charge in [0.2, 0.25) is 0 Å². The molecule has 5 heteroatoms. The van der Waals surface area contributed by atoms with Gasteiger partial charge in [0.15, 0.2) is 11.6 Å². The number of aryl methyl sites for hydroxylation is 1. The summed E-state index contributed by atoms with van der Waals surface area (Å²) in [4.78, 5) is 0. The van der Waals surface area contributed by atoms with Gasteiger partial charge in [-0.25, -0.2) is 8.78 Å². The van der Waals surface area contributed by atoms with E-state index in [1.54, 1.807) is 6.92 Å². The molecular formula is C13H17F2NO2. The highest BCUT2D eigenvalue weighted by molar-refractivity contribution is 5.33. The van der Waals surface area contributed by atoms with E-state index in [1.165, 1.54) is 0 Å². The number of aliphatic hydroxyl groups is 1. The van der Waals surface area contributed by atoms with Crippen molar-refractivity contribution in [3.05, 3.63) is 29.3 Å². The van der Waals surface area contributed by atoms with Gasteiger partial charge in [-0.1, -0.05) is 0 Å². The number of hydrogen-bond donors (Lipinski definition) is 2. The van der Waals surface area contributed by atoms with Gasteiger partial charge in [-0.2, -0.15) is 0 Å². The molecule has 2 rings (SSSR count). The molecule has 0 amide bonds. The number of benzene rings is 1. The van der Waals surface area contributed by atoms with Crippen molar-refractivity contribution in [2.24, 2.45) is 11.7 Å². The second-order valence-corrected chi connectivity index (χ2v) is 4.79. The standard InChI is InChI=1S/C13H17F2NO2/c1-7-4-9(14)10(15)5-11(7)18-12(6-17)13(16)8-2-3-8/h4-5,8,12-13,17H,2-3,6,16H2,1H3. The second kappa shape index (κ2) is 5.20. The summed E-state index contributed by atoms with van der Waals surface area (Å²) in [6.07, 6.45) is 1.47. The summed E-state index contributed by atoms with van der Waals surface area (Å²) >= 11 is 0. The average molecular weight is 257 g/mol. The minimum absolute atomic E-state index is 0.226. The van der Waals surface area contributed by atoms with Crippen LogP contribution in [0.2, 0.25) is 0 Å². The Morgan fingerprint density at radius 2 is 2.00 bits per heavy atom. The largest absolute Gasteiger partial charge is 0.486 e. The molecule has 3 nitrogen and oxygen atoms in total. The Balaban J connectivity index is 2.13. The minimum Gasteiger partial charge on any atom is -0.486 e. The fourth-order valence-electron chi connectivity index (χ4n) is 1.94. The van der Waals surface area contributed by atoms with Crippen LogP contribution in [0, 0.1) is 24.5 Å². The molecule has 100 valence electrons. The summed E-state index contributed by atoms with van der Waals surface area (Å²) in [6.45, 7) is 1.38. The highest BCUT2D eigenvalue weighted by atomic mass is 19.2.